The smallest absolute Gasteiger partial charge is 0.199 e. The number of thioether (sulfide) groups is 1. The van der Waals surface area contributed by atoms with Crippen molar-refractivity contribution in [1.29, 1.82) is 0 Å². The summed E-state index contributed by atoms with van der Waals surface area (Å²) in [5, 5.41) is 0.688. The lowest BCUT2D eigenvalue weighted by molar-refractivity contribution is -0.108. The summed E-state index contributed by atoms with van der Waals surface area (Å²) in [5.41, 5.74) is 0. The van der Waals surface area contributed by atoms with E-state index in [1.807, 2.05) is 6.92 Å². The van der Waals surface area contributed by atoms with Crippen LogP contribution in [0.5, 0.6) is 0 Å². The second-order valence-electron chi connectivity index (χ2n) is 0.939. The second kappa shape index (κ2) is 4.65. The lowest BCUT2D eigenvalue weighted by atomic mass is 10.9. The topological polar surface area (TPSA) is 17.1 Å². The molecular formula is C4H7BrOS. The molecule has 0 saturated heterocycles. The van der Waals surface area contributed by atoms with Crippen LogP contribution in [0.1, 0.15) is 6.92 Å². The maximum atomic E-state index is 10.3. The van der Waals surface area contributed by atoms with Crippen LogP contribution in [0.15, 0.2) is 0 Å². The van der Waals surface area contributed by atoms with Gasteiger partial charge in [0.15, 0.2) is 5.12 Å². The van der Waals surface area contributed by atoms with Crippen LogP contribution in [0.3, 0.4) is 0 Å². The Labute approximate surface area is 56.0 Å². The third-order valence-electron chi connectivity index (χ3n) is 0.414. The quantitative estimate of drug-likeness (QED) is 0.605. The lowest BCUT2D eigenvalue weighted by Gasteiger charge is -1.85. The van der Waals surface area contributed by atoms with Crippen LogP contribution < -0.4 is 0 Å². The monoisotopic (exact) mass is 182 g/mol. The Hall–Kier alpha value is 0.500. The van der Waals surface area contributed by atoms with Crippen LogP contribution in [0.25, 0.3) is 0 Å². The van der Waals surface area contributed by atoms with Gasteiger partial charge in [-0.05, 0) is 5.75 Å². The highest BCUT2D eigenvalue weighted by Crippen LogP contribution is 2.01. The average Bonchev–Trinajstić information content (AvgIpc) is 1.68. The van der Waals surface area contributed by atoms with Gasteiger partial charge < -0.3 is 0 Å². The summed E-state index contributed by atoms with van der Waals surface area (Å²) >= 11 is 4.39. The van der Waals surface area contributed by atoms with Crippen LogP contribution in [-0.4, -0.2) is 16.2 Å². The molecule has 0 fully saturated rings. The predicted octanol–water partition coefficient (Wildman–Crippen LogP) is 1.66. The number of carbonyl (C=O) groups is 1. The lowest BCUT2D eigenvalue weighted by Crippen LogP contribution is -1.90. The average molecular weight is 183 g/mol. The first-order valence-corrected chi connectivity index (χ1v) is 4.13. The summed E-state index contributed by atoms with van der Waals surface area (Å²) in [6.45, 7) is 1.96. The largest absolute Gasteiger partial charge is 0.286 e. The third-order valence-corrected chi connectivity index (χ3v) is 2.05. The highest BCUT2D eigenvalue weighted by atomic mass is 79.9. The standard InChI is InChI=1S/C4H7BrOS/c1-2-7-4(6)3-5/h2-3H2,1H3. The van der Waals surface area contributed by atoms with Gasteiger partial charge in [-0.3, -0.25) is 4.79 Å². The summed E-state index contributed by atoms with van der Waals surface area (Å²) < 4.78 is 0. The summed E-state index contributed by atoms with van der Waals surface area (Å²) in [4.78, 5) is 10.3. The minimum absolute atomic E-state index is 0.211. The van der Waals surface area contributed by atoms with Crippen LogP contribution in [0.4, 0.5) is 0 Å². The molecule has 0 aromatic rings. The fourth-order valence-corrected chi connectivity index (χ4v) is 1.08. The van der Waals surface area contributed by atoms with Crippen molar-refractivity contribution in [3.05, 3.63) is 0 Å². The van der Waals surface area contributed by atoms with E-state index >= 15 is 0 Å². The Kier molecular flexibility index (Phi) is 4.99. The van der Waals surface area contributed by atoms with Gasteiger partial charge in [0.1, 0.15) is 0 Å². The third kappa shape index (κ3) is 4.35. The van der Waals surface area contributed by atoms with Crippen molar-refractivity contribution in [2.75, 3.05) is 11.1 Å². The zero-order valence-electron chi connectivity index (χ0n) is 4.11. The van der Waals surface area contributed by atoms with Crippen molar-refractivity contribution in [3.8, 4) is 0 Å². The highest BCUT2D eigenvalue weighted by Gasteiger charge is 1.93. The Morgan fingerprint density at radius 2 is 2.43 bits per heavy atom. The minimum Gasteiger partial charge on any atom is -0.286 e. The molecule has 0 radical (unpaired) electrons. The van der Waals surface area contributed by atoms with Crippen molar-refractivity contribution < 1.29 is 4.79 Å². The molecule has 0 amide bonds. The summed E-state index contributed by atoms with van der Waals surface area (Å²) in [7, 11) is 0. The fraction of sp³-hybridized carbons (Fsp3) is 0.750. The molecule has 0 aromatic carbocycles. The van der Waals surface area contributed by atoms with Gasteiger partial charge in [0, 0.05) is 0 Å². The first kappa shape index (κ1) is 7.50. The summed E-state index contributed by atoms with van der Waals surface area (Å²) in [5.74, 6) is 0.879. The van der Waals surface area contributed by atoms with Crippen molar-refractivity contribution in [2.24, 2.45) is 0 Å². The molecule has 1 nitrogen and oxygen atoms in total. The normalized spacial score (nSPS) is 8.86. The zero-order valence-corrected chi connectivity index (χ0v) is 6.51. The van der Waals surface area contributed by atoms with Crippen molar-refractivity contribution in [1.82, 2.24) is 0 Å². The van der Waals surface area contributed by atoms with Crippen molar-refractivity contribution >= 4 is 32.8 Å². The SMILES string of the molecule is CCSC(=O)CBr. The molecule has 0 saturated carbocycles. The minimum atomic E-state index is 0.211. The molecule has 0 atom stereocenters. The maximum absolute atomic E-state index is 10.3. The molecule has 0 N–H and O–H groups in total. The molecule has 3 heteroatoms. The van der Waals surface area contributed by atoms with E-state index in [9.17, 15) is 4.79 Å². The predicted molar refractivity (Wildman–Crippen MR) is 36.9 cm³/mol. The van der Waals surface area contributed by atoms with Gasteiger partial charge in [0.2, 0.25) is 0 Å². The van der Waals surface area contributed by atoms with E-state index in [2.05, 4.69) is 15.9 Å². The Morgan fingerprint density at radius 3 is 2.57 bits per heavy atom. The molecular weight excluding hydrogens is 176 g/mol. The molecule has 0 aliphatic heterocycles. The molecule has 0 bridgehead atoms. The van der Waals surface area contributed by atoms with Gasteiger partial charge in [-0.25, -0.2) is 0 Å². The Balaban J connectivity index is 3.00. The molecule has 0 heterocycles. The Bertz CT molecular complexity index is 64.7. The number of hydrogen-bond donors (Lipinski definition) is 0. The van der Waals surface area contributed by atoms with E-state index in [1.54, 1.807) is 0 Å². The summed E-state index contributed by atoms with van der Waals surface area (Å²) in [6.07, 6.45) is 0. The van der Waals surface area contributed by atoms with Crippen LogP contribution in [0.2, 0.25) is 0 Å². The Morgan fingerprint density at radius 1 is 1.86 bits per heavy atom. The van der Waals surface area contributed by atoms with Crippen molar-refractivity contribution in [2.45, 2.75) is 6.92 Å². The van der Waals surface area contributed by atoms with E-state index in [-0.39, 0.29) is 5.12 Å². The van der Waals surface area contributed by atoms with E-state index in [0.29, 0.717) is 5.33 Å². The fourth-order valence-electron chi connectivity index (χ4n) is 0.200. The number of carbonyl (C=O) groups excluding carboxylic acids is 1. The van der Waals surface area contributed by atoms with Gasteiger partial charge >= 0.3 is 0 Å². The van der Waals surface area contributed by atoms with E-state index in [4.69, 9.17) is 0 Å². The number of halogens is 1. The first-order valence-electron chi connectivity index (χ1n) is 2.02. The number of rotatable bonds is 2. The molecule has 0 aromatic heterocycles. The van der Waals surface area contributed by atoms with Crippen LogP contribution in [-0.2, 0) is 4.79 Å². The summed E-state index contributed by atoms with van der Waals surface area (Å²) in [6, 6.07) is 0. The van der Waals surface area contributed by atoms with Crippen LogP contribution in [0, 0.1) is 0 Å². The van der Waals surface area contributed by atoms with Crippen LogP contribution >= 0.6 is 27.7 Å². The van der Waals surface area contributed by atoms with Gasteiger partial charge in [-0.1, -0.05) is 34.6 Å². The molecule has 7 heavy (non-hydrogen) atoms. The molecule has 0 aliphatic rings. The molecule has 42 valence electrons. The molecule has 0 aliphatic carbocycles. The van der Waals surface area contributed by atoms with Gasteiger partial charge in [-0.15, -0.1) is 0 Å². The maximum Gasteiger partial charge on any atom is 0.199 e. The first-order chi connectivity index (χ1) is 3.31. The van der Waals surface area contributed by atoms with Gasteiger partial charge in [-0.2, -0.15) is 0 Å². The zero-order chi connectivity index (χ0) is 5.70. The molecule has 0 unspecified atom stereocenters. The number of hydrogen-bond acceptors (Lipinski definition) is 2. The van der Waals surface area contributed by atoms with Gasteiger partial charge in [0.25, 0.3) is 0 Å². The second-order valence-corrected chi connectivity index (χ2v) is 2.82. The van der Waals surface area contributed by atoms with E-state index in [1.165, 1.54) is 11.8 Å². The van der Waals surface area contributed by atoms with Crippen molar-refractivity contribution in [3.63, 3.8) is 0 Å². The molecule has 0 spiro atoms. The van der Waals surface area contributed by atoms with Gasteiger partial charge in [0.05, 0.1) is 5.33 Å². The van der Waals surface area contributed by atoms with E-state index in [0.717, 1.165) is 5.75 Å². The highest BCUT2D eigenvalue weighted by molar-refractivity contribution is 9.09. The molecule has 0 rings (SSSR count). The number of alkyl halides is 1. The van der Waals surface area contributed by atoms with E-state index < -0.39 is 0 Å².